The second kappa shape index (κ2) is 9.61. The van der Waals surface area contributed by atoms with Crippen LogP contribution in [0.15, 0.2) is 29.8 Å². The van der Waals surface area contributed by atoms with Gasteiger partial charge in [0.25, 0.3) is 0 Å². The van der Waals surface area contributed by atoms with Crippen LogP contribution in [0.25, 0.3) is 0 Å². The third-order valence-corrected chi connectivity index (χ3v) is 6.97. The predicted octanol–water partition coefficient (Wildman–Crippen LogP) is 5.10. The first-order valence-electron chi connectivity index (χ1n) is 10.9. The summed E-state index contributed by atoms with van der Waals surface area (Å²) in [6.45, 7) is 9.81. The molecule has 1 aliphatic heterocycles. The van der Waals surface area contributed by atoms with E-state index in [1.54, 1.807) is 0 Å². The molecule has 0 fully saturated rings. The normalized spacial score (nSPS) is 24.1. The lowest BCUT2D eigenvalue weighted by atomic mass is 9.50. The summed E-state index contributed by atoms with van der Waals surface area (Å²) in [6, 6.07) is 5.97. The van der Waals surface area contributed by atoms with Gasteiger partial charge in [0.15, 0.2) is 0 Å². The van der Waals surface area contributed by atoms with Crippen LogP contribution in [0.5, 0.6) is 11.5 Å². The molecule has 0 saturated carbocycles. The Bertz CT molecular complexity index is 787. The van der Waals surface area contributed by atoms with E-state index in [1.807, 2.05) is 24.3 Å². The Morgan fingerprint density at radius 3 is 2.63 bits per heavy atom. The molecule has 2 aliphatic rings. The topological polar surface area (TPSA) is 81.8 Å². The highest BCUT2D eigenvalue weighted by Gasteiger charge is 2.59. The van der Waals surface area contributed by atoms with Gasteiger partial charge in [-0.25, -0.2) is 4.79 Å². The summed E-state index contributed by atoms with van der Waals surface area (Å²) in [4.78, 5) is 12.0. The van der Waals surface area contributed by atoms with Crippen LogP contribution >= 0.6 is 12.4 Å². The van der Waals surface area contributed by atoms with Crippen LogP contribution in [0.3, 0.4) is 0 Å². The first kappa shape index (κ1) is 24.5. The largest absolute Gasteiger partial charge is 0.493 e. The molecule has 0 bridgehead atoms. The lowest BCUT2D eigenvalue weighted by molar-refractivity contribution is -0.134. The number of carboxylic acids is 1. The molecule has 1 heterocycles. The summed E-state index contributed by atoms with van der Waals surface area (Å²) in [7, 11) is 0. The Kier molecular flexibility index (Phi) is 7.86. The number of hydrogen-bond acceptors (Lipinski definition) is 4. The molecule has 1 aromatic rings. The number of rotatable bonds is 8. The van der Waals surface area contributed by atoms with Gasteiger partial charge in [0.05, 0.1) is 6.61 Å². The van der Waals surface area contributed by atoms with E-state index in [9.17, 15) is 9.90 Å². The summed E-state index contributed by atoms with van der Waals surface area (Å²) in [6.07, 6.45) is 5.84. The van der Waals surface area contributed by atoms with Crippen molar-refractivity contribution in [2.24, 2.45) is 17.6 Å². The zero-order chi connectivity index (χ0) is 21.2. The van der Waals surface area contributed by atoms with Gasteiger partial charge < -0.3 is 20.3 Å². The van der Waals surface area contributed by atoms with Crippen LogP contribution in [-0.4, -0.2) is 29.8 Å². The van der Waals surface area contributed by atoms with Crippen LogP contribution < -0.4 is 15.2 Å². The van der Waals surface area contributed by atoms with Crippen molar-refractivity contribution in [2.45, 2.75) is 70.8 Å². The van der Waals surface area contributed by atoms with Gasteiger partial charge in [-0.1, -0.05) is 38.8 Å². The Morgan fingerprint density at radius 2 is 2.03 bits per heavy atom. The van der Waals surface area contributed by atoms with Gasteiger partial charge in [-0.05, 0) is 57.7 Å². The van der Waals surface area contributed by atoms with Crippen molar-refractivity contribution in [3.63, 3.8) is 0 Å². The number of allylic oxidation sites excluding steroid dienone is 1. The smallest absolute Gasteiger partial charge is 0.331 e. The molecule has 0 amide bonds. The number of carboxylic acid groups (broad SMARTS) is 1. The second-order valence-electron chi connectivity index (χ2n) is 8.88. The van der Waals surface area contributed by atoms with Crippen LogP contribution in [0.2, 0.25) is 0 Å². The lowest BCUT2D eigenvalue weighted by Crippen LogP contribution is -2.58. The van der Waals surface area contributed by atoms with Gasteiger partial charge in [0.2, 0.25) is 0 Å². The Morgan fingerprint density at radius 1 is 1.33 bits per heavy atom. The van der Waals surface area contributed by atoms with E-state index in [1.165, 1.54) is 0 Å². The van der Waals surface area contributed by atoms with E-state index < -0.39 is 11.6 Å². The summed E-state index contributed by atoms with van der Waals surface area (Å²) in [5.74, 6) is 1.33. The van der Waals surface area contributed by atoms with Gasteiger partial charge >= 0.3 is 5.97 Å². The van der Waals surface area contributed by atoms with E-state index in [4.69, 9.17) is 15.2 Å². The third-order valence-electron chi connectivity index (χ3n) is 6.97. The van der Waals surface area contributed by atoms with Crippen molar-refractivity contribution >= 4 is 18.4 Å². The van der Waals surface area contributed by atoms with E-state index in [0.29, 0.717) is 37.5 Å². The number of carbonyl (C=O) groups is 1. The Hall–Kier alpha value is -1.72. The number of fused-ring (bicyclic) bond motifs is 3. The summed E-state index contributed by atoms with van der Waals surface area (Å²) in [5.41, 5.74) is 6.50. The monoisotopic (exact) mass is 437 g/mol. The van der Waals surface area contributed by atoms with Crippen LogP contribution in [0.1, 0.15) is 65.4 Å². The van der Waals surface area contributed by atoms with Crippen LogP contribution in [-0.2, 0) is 10.2 Å². The summed E-state index contributed by atoms with van der Waals surface area (Å²) >= 11 is 0. The van der Waals surface area contributed by atoms with Crippen LogP contribution in [0, 0.1) is 11.8 Å². The highest BCUT2D eigenvalue weighted by Crippen LogP contribution is 2.62. The molecule has 0 saturated heterocycles. The van der Waals surface area contributed by atoms with Crippen LogP contribution in [0.4, 0.5) is 0 Å². The fraction of sp³-hybridized carbons (Fsp3) is 0.625. The minimum absolute atomic E-state index is 0. The number of nitrogens with two attached hydrogens (primary N) is 1. The molecule has 6 heteroatoms. The molecule has 0 spiro atoms. The van der Waals surface area contributed by atoms with Crippen molar-refractivity contribution in [3.05, 3.63) is 35.4 Å². The minimum atomic E-state index is -0.818. The van der Waals surface area contributed by atoms with Gasteiger partial charge in [-0.2, -0.15) is 0 Å². The SMILES string of the molecule is CCC(CC)[C@@]12CC(C(=O)O)=CC[C@H]1C(C)(C)Oc1cccc(OCCCN)c12.Cl. The minimum Gasteiger partial charge on any atom is -0.493 e. The number of aliphatic carboxylic acids is 1. The van der Waals surface area contributed by atoms with E-state index in [2.05, 4.69) is 27.7 Å². The van der Waals surface area contributed by atoms with E-state index >= 15 is 0 Å². The van der Waals surface area contributed by atoms with Crippen molar-refractivity contribution in [2.75, 3.05) is 13.2 Å². The molecule has 1 aromatic carbocycles. The molecule has 0 aromatic heterocycles. The molecule has 3 N–H and O–H groups in total. The zero-order valence-electron chi connectivity index (χ0n) is 18.6. The highest BCUT2D eigenvalue weighted by molar-refractivity contribution is 5.87. The summed E-state index contributed by atoms with van der Waals surface area (Å²) < 4.78 is 12.7. The number of ether oxygens (including phenoxy) is 2. The van der Waals surface area contributed by atoms with Gasteiger partial charge in [0, 0.05) is 22.5 Å². The molecule has 2 atom stereocenters. The molecule has 1 aliphatic carbocycles. The molecular formula is C24H36ClNO4. The summed E-state index contributed by atoms with van der Waals surface area (Å²) in [5, 5.41) is 9.85. The van der Waals surface area contributed by atoms with Gasteiger partial charge in [0.1, 0.15) is 17.1 Å². The molecule has 3 rings (SSSR count). The molecular weight excluding hydrogens is 402 g/mol. The maximum absolute atomic E-state index is 12.0. The predicted molar refractivity (Wildman–Crippen MR) is 122 cm³/mol. The van der Waals surface area contributed by atoms with E-state index in [-0.39, 0.29) is 23.7 Å². The van der Waals surface area contributed by atoms with E-state index in [0.717, 1.165) is 36.3 Å². The van der Waals surface area contributed by atoms with Crippen molar-refractivity contribution in [1.82, 2.24) is 0 Å². The fourth-order valence-corrected chi connectivity index (χ4v) is 5.76. The average Bonchev–Trinajstić information content (AvgIpc) is 2.68. The van der Waals surface area contributed by atoms with Gasteiger partial charge in [-0.3, -0.25) is 0 Å². The standard InChI is InChI=1S/C24H35NO4.ClH/c1-5-17(6-2)24-15-16(22(26)27)11-12-20(24)23(3,4)29-19-10-7-9-18(21(19)24)28-14-8-13-25;/h7,9-11,17,20H,5-6,8,12-15,25H2,1-4H3,(H,26,27);1H/t20-,24-;/m0./s1. The lowest BCUT2D eigenvalue weighted by Gasteiger charge is -2.57. The number of halogens is 1. The first-order valence-corrected chi connectivity index (χ1v) is 10.9. The Labute approximate surface area is 186 Å². The number of hydrogen-bond donors (Lipinski definition) is 2. The van der Waals surface area contributed by atoms with Crippen molar-refractivity contribution in [3.8, 4) is 11.5 Å². The zero-order valence-corrected chi connectivity index (χ0v) is 19.4. The highest BCUT2D eigenvalue weighted by atomic mass is 35.5. The molecule has 5 nitrogen and oxygen atoms in total. The maximum atomic E-state index is 12.0. The maximum Gasteiger partial charge on any atom is 0.331 e. The molecule has 0 unspecified atom stereocenters. The molecule has 30 heavy (non-hydrogen) atoms. The molecule has 168 valence electrons. The second-order valence-corrected chi connectivity index (χ2v) is 8.88. The number of benzene rings is 1. The van der Waals surface area contributed by atoms with Crippen molar-refractivity contribution in [1.29, 1.82) is 0 Å². The Balaban J connectivity index is 0.00000320. The average molecular weight is 438 g/mol. The first-order chi connectivity index (χ1) is 13.8. The fourth-order valence-electron chi connectivity index (χ4n) is 5.76. The van der Waals surface area contributed by atoms with Gasteiger partial charge in [-0.15, -0.1) is 12.4 Å². The quantitative estimate of drug-likeness (QED) is 0.552. The third kappa shape index (κ3) is 4.06. The molecule has 0 radical (unpaired) electrons. The van der Waals surface area contributed by atoms with Crippen molar-refractivity contribution < 1.29 is 19.4 Å².